The topological polar surface area (TPSA) is 97.0 Å². The molecule has 168 valence electrons. The number of nitrogens with one attached hydrogen (secondary N) is 1. The minimum absolute atomic E-state index is 0.218. The minimum atomic E-state index is -5.38. The van der Waals surface area contributed by atoms with Gasteiger partial charge in [0.25, 0.3) is 0 Å². The first-order valence-corrected chi connectivity index (χ1v) is 9.65. The average Bonchev–Trinajstić information content (AvgIpc) is 2.96. The Morgan fingerprint density at radius 1 is 1.26 bits per heavy atom. The normalized spacial score (nSPS) is 12.9. The molecule has 2 aromatic rings. The van der Waals surface area contributed by atoms with E-state index in [0.29, 0.717) is 16.8 Å². The van der Waals surface area contributed by atoms with Gasteiger partial charge in [-0.3, -0.25) is 5.32 Å². The molecule has 1 atom stereocenters. The number of carbonyl (C=O) groups excluding carboxylic acids is 1. The maximum Gasteiger partial charge on any atom is 0.476 e. The molecular weight excluding hydrogens is 501 g/mol. The predicted octanol–water partition coefficient (Wildman–Crippen LogP) is 5.27. The summed E-state index contributed by atoms with van der Waals surface area (Å²) in [7, 11) is -3.87. The summed E-state index contributed by atoms with van der Waals surface area (Å²) >= 11 is 11.7. The Kier molecular flexibility index (Phi) is 7.14. The third-order valence-electron chi connectivity index (χ3n) is 3.40. The molecule has 1 N–H and O–H groups in total. The third kappa shape index (κ3) is 5.23. The van der Waals surface area contributed by atoms with Gasteiger partial charge < -0.3 is 4.74 Å². The Hall–Kier alpha value is -2.50. The van der Waals surface area contributed by atoms with Gasteiger partial charge in [0.1, 0.15) is 16.7 Å². The molecule has 0 bridgehead atoms. The van der Waals surface area contributed by atoms with Crippen LogP contribution in [0.25, 0.3) is 5.69 Å². The zero-order chi connectivity index (χ0) is 23.7. The van der Waals surface area contributed by atoms with E-state index < -0.39 is 66.3 Å². The van der Waals surface area contributed by atoms with Crippen molar-refractivity contribution in [1.82, 2.24) is 9.78 Å². The molecule has 2 rings (SSSR count). The number of amides is 1. The first kappa shape index (κ1) is 24.8. The van der Waals surface area contributed by atoms with E-state index in [1.807, 2.05) is 5.32 Å². The van der Waals surface area contributed by atoms with Gasteiger partial charge in [-0.1, -0.05) is 23.2 Å². The van der Waals surface area contributed by atoms with Crippen molar-refractivity contribution >= 4 is 45.9 Å². The van der Waals surface area contributed by atoms with Gasteiger partial charge in [-0.2, -0.15) is 36.7 Å². The SMILES string of the molecule is CCOC(=O)Nc1c(S(=O)C(F)(F)F)c(C#N)nn1-c1c(Cl)cc(C(F)(F)F)cc1Cl. The van der Waals surface area contributed by atoms with E-state index >= 15 is 0 Å². The third-order valence-corrected chi connectivity index (χ3v) is 5.15. The summed E-state index contributed by atoms with van der Waals surface area (Å²) in [5.74, 6) is -0.978. The molecular formula is C15H8Cl2F6N4O3S. The van der Waals surface area contributed by atoms with Gasteiger partial charge >= 0.3 is 17.8 Å². The molecule has 0 aliphatic carbocycles. The molecule has 7 nitrogen and oxygen atoms in total. The lowest BCUT2D eigenvalue weighted by molar-refractivity contribution is -0.137. The summed E-state index contributed by atoms with van der Waals surface area (Å²) in [5, 5.41) is 13.0. The smallest absolute Gasteiger partial charge is 0.450 e. The van der Waals surface area contributed by atoms with E-state index in [1.54, 1.807) is 0 Å². The van der Waals surface area contributed by atoms with Crippen LogP contribution in [-0.4, -0.2) is 32.2 Å². The van der Waals surface area contributed by atoms with Crippen LogP contribution in [0, 0.1) is 11.3 Å². The lowest BCUT2D eigenvalue weighted by atomic mass is 10.2. The molecule has 0 aliphatic heterocycles. The van der Waals surface area contributed by atoms with Gasteiger partial charge in [-0.25, -0.2) is 13.7 Å². The van der Waals surface area contributed by atoms with Crippen molar-refractivity contribution in [3.63, 3.8) is 0 Å². The van der Waals surface area contributed by atoms with Crippen molar-refractivity contribution in [3.05, 3.63) is 33.4 Å². The van der Waals surface area contributed by atoms with Crippen molar-refractivity contribution in [2.45, 2.75) is 23.5 Å². The number of nitriles is 1. The van der Waals surface area contributed by atoms with Crippen molar-refractivity contribution in [2.75, 3.05) is 11.9 Å². The quantitative estimate of drug-likeness (QED) is 0.567. The number of ether oxygens (including phenoxy) is 1. The van der Waals surface area contributed by atoms with Crippen LogP contribution in [0.15, 0.2) is 17.0 Å². The number of carbonyl (C=O) groups is 1. The van der Waals surface area contributed by atoms with Crippen LogP contribution < -0.4 is 5.32 Å². The van der Waals surface area contributed by atoms with E-state index in [0.717, 1.165) is 0 Å². The second kappa shape index (κ2) is 8.93. The van der Waals surface area contributed by atoms with E-state index in [-0.39, 0.29) is 6.61 Å². The lowest BCUT2D eigenvalue weighted by Gasteiger charge is -2.15. The number of alkyl halides is 6. The first-order chi connectivity index (χ1) is 14.2. The van der Waals surface area contributed by atoms with Gasteiger partial charge in [0.05, 0.1) is 22.2 Å². The van der Waals surface area contributed by atoms with Gasteiger partial charge in [-0.15, -0.1) is 0 Å². The minimum Gasteiger partial charge on any atom is -0.450 e. The molecule has 0 saturated heterocycles. The lowest BCUT2D eigenvalue weighted by Crippen LogP contribution is -2.21. The molecule has 1 aromatic carbocycles. The van der Waals surface area contributed by atoms with Gasteiger partial charge in [0, 0.05) is 0 Å². The molecule has 1 heterocycles. The van der Waals surface area contributed by atoms with Crippen LogP contribution in [0.3, 0.4) is 0 Å². The molecule has 1 aromatic heterocycles. The van der Waals surface area contributed by atoms with Crippen LogP contribution in [0.2, 0.25) is 10.0 Å². The maximum atomic E-state index is 13.1. The summed E-state index contributed by atoms with van der Waals surface area (Å²) in [4.78, 5) is 10.6. The summed E-state index contributed by atoms with van der Waals surface area (Å²) in [6.07, 6.45) is -6.18. The number of hydrogen-bond donors (Lipinski definition) is 1. The zero-order valence-corrected chi connectivity index (χ0v) is 17.2. The van der Waals surface area contributed by atoms with Crippen LogP contribution in [0.5, 0.6) is 0 Å². The second-order valence-corrected chi connectivity index (χ2v) is 7.62. The number of nitrogens with zero attached hydrogens (tertiary/aromatic N) is 3. The standard InChI is InChI=1S/C15H8Cl2F6N4O3S/c1-2-30-13(28)25-12-11(31(29)15(21,22)23)9(5-24)26-27(12)10-7(16)3-6(4-8(10)17)14(18,19)20/h3-4H,2H2,1H3,(H,25,28). The molecule has 0 aliphatic rings. The summed E-state index contributed by atoms with van der Waals surface area (Å²) < 4.78 is 95.1. The van der Waals surface area contributed by atoms with Crippen molar-refractivity contribution < 1.29 is 40.1 Å². The highest BCUT2D eigenvalue weighted by Crippen LogP contribution is 2.41. The monoisotopic (exact) mass is 508 g/mol. The summed E-state index contributed by atoms with van der Waals surface area (Å²) in [5.41, 5.74) is -8.31. The van der Waals surface area contributed by atoms with Crippen molar-refractivity contribution in [2.24, 2.45) is 0 Å². The van der Waals surface area contributed by atoms with Crippen LogP contribution in [0.4, 0.5) is 37.0 Å². The Morgan fingerprint density at radius 2 is 1.81 bits per heavy atom. The van der Waals surface area contributed by atoms with E-state index in [1.165, 1.54) is 13.0 Å². The van der Waals surface area contributed by atoms with E-state index in [2.05, 4.69) is 9.84 Å². The molecule has 1 amide bonds. The second-order valence-electron chi connectivity index (χ2n) is 5.40. The average molecular weight is 509 g/mol. The number of halogens is 8. The van der Waals surface area contributed by atoms with Crippen LogP contribution in [-0.2, 0) is 21.7 Å². The van der Waals surface area contributed by atoms with Gasteiger partial charge in [0.15, 0.2) is 22.3 Å². The number of rotatable bonds is 4. The molecule has 16 heteroatoms. The predicted molar refractivity (Wildman–Crippen MR) is 96.4 cm³/mol. The van der Waals surface area contributed by atoms with Crippen LogP contribution in [0.1, 0.15) is 18.2 Å². The first-order valence-electron chi connectivity index (χ1n) is 7.74. The fourth-order valence-corrected chi connectivity index (χ4v) is 3.69. The Labute approximate surface area is 181 Å². The number of hydrogen-bond acceptors (Lipinski definition) is 5. The highest BCUT2D eigenvalue weighted by Gasteiger charge is 2.43. The van der Waals surface area contributed by atoms with Crippen molar-refractivity contribution in [3.8, 4) is 11.8 Å². The van der Waals surface area contributed by atoms with Crippen molar-refractivity contribution in [1.29, 1.82) is 5.26 Å². The molecule has 0 spiro atoms. The molecule has 31 heavy (non-hydrogen) atoms. The highest BCUT2D eigenvalue weighted by molar-refractivity contribution is 7.86. The molecule has 0 radical (unpaired) electrons. The molecule has 1 unspecified atom stereocenters. The van der Waals surface area contributed by atoms with Crippen LogP contribution >= 0.6 is 23.2 Å². The number of benzene rings is 1. The Morgan fingerprint density at radius 3 is 2.23 bits per heavy atom. The maximum absolute atomic E-state index is 13.1. The summed E-state index contributed by atoms with van der Waals surface area (Å²) in [6, 6.07) is 2.09. The van der Waals surface area contributed by atoms with E-state index in [4.69, 9.17) is 28.5 Å². The Bertz CT molecular complexity index is 1070. The number of aromatic nitrogens is 2. The van der Waals surface area contributed by atoms with E-state index in [9.17, 15) is 35.3 Å². The van der Waals surface area contributed by atoms with Gasteiger partial charge in [0.2, 0.25) is 0 Å². The zero-order valence-electron chi connectivity index (χ0n) is 14.9. The fraction of sp³-hybridized carbons (Fsp3) is 0.267. The molecule has 0 saturated carbocycles. The molecule has 0 fully saturated rings. The summed E-state index contributed by atoms with van der Waals surface area (Å²) in [6.45, 7) is 1.15. The van der Waals surface area contributed by atoms with Gasteiger partial charge in [-0.05, 0) is 19.1 Å². The largest absolute Gasteiger partial charge is 0.476 e. The number of anilines is 1. The Balaban J connectivity index is 2.85. The highest BCUT2D eigenvalue weighted by atomic mass is 35.5. The fourth-order valence-electron chi connectivity index (χ4n) is 2.24.